The molecule has 1 spiro atoms. The number of amidine groups is 1. The minimum atomic E-state index is -0.494. The molecule has 2 rings (SSSR count). The Morgan fingerprint density at radius 1 is 1.58 bits per heavy atom. The average molecular weight is 275 g/mol. The Balaban J connectivity index is 2.46. The molecule has 3 N–H and O–H groups in total. The molecule has 2 aliphatic heterocycles. The molecule has 5 nitrogen and oxygen atoms in total. The second kappa shape index (κ2) is 5.22. The molecule has 0 saturated carbocycles. The molecule has 1 unspecified atom stereocenters. The molecule has 6 heteroatoms. The highest BCUT2D eigenvalue weighted by atomic mass is 32.1. The Bertz CT molecular complexity index is 516. The van der Waals surface area contributed by atoms with Crippen molar-refractivity contribution >= 4 is 28.9 Å². The third kappa shape index (κ3) is 2.10. The molecular weight excluding hydrogens is 258 g/mol. The first-order chi connectivity index (χ1) is 9.08. The van der Waals surface area contributed by atoms with Crippen molar-refractivity contribution in [2.45, 2.75) is 19.8 Å². The first-order valence-electron chi connectivity index (χ1n) is 6.39. The molecule has 2 heterocycles. The van der Waals surface area contributed by atoms with E-state index in [4.69, 9.17) is 23.4 Å². The number of nitriles is 1. The van der Waals surface area contributed by atoms with Gasteiger partial charge in [0.1, 0.15) is 16.7 Å². The molecule has 100 valence electrons. The minimum Gasteiger partial charge on any atom is -0.386 e. The van der Waals surface area contributed by atoms with Gasteiger partial charge in [-0.25, -0.2) is 4.99 Å². The van der Waals surface area contributed by atoms with Gasteiger partial charge in [0.15, 0.2) is 0 Å². The zero-order valence-corrected chi connectivity index (χ0v) is 11.8. The van der Waals surface area contributed by atoms with Crippen LogP contribution >= 0.6 is 12.2 Å². The van der Waals surface area contributed by atoms with E-state index in [1.54, 1.807) is 0 Å². The summed E-state index contributed by atoms with van der Waals surface area (Å²) < 4.78 is 0. The summed E-state index contributed by atoms with van der Waals surface area (Å²) in [6.07, 6.45) is 1.55. The van der Waals surface area contributed by atoms with Crippen molar-refractivity contribution in [3.63, 3.8) is 0 Å². The van der Waals surface area contributed by atoms with E-state index in [0.717, 1.165) is 32.5 Å². The van der Waals surface area contributed by atoms with Gasteiger partial charge in [0.2, 0.25) is 0 Å². The van der Waals surface area contributed by atoms with Crippen LogP contribution in [0.15, 0.2) is 10.6 Å². The lowest BCUT2D eigenvalue weighted by Crippen LogP contribution is -2.51. The topological polar surface area (TPSA) is 89.3 Å². The van der Waals surface area contributed by atoms with Gasteiger partial charge in [-0.2, -0.15) is 5.26 Å². The van der Waals surface area contributed by atoms with Gasteiger partial charge in [0.05, 0.1) is 11.6 Å². The van der Waals surface area contributed by atoms with Crippen LogP contribution in [0.25, 0.3) is 0 Å². The van der Waals surface area contributed by atoms with Crippen molar-refractivity contribution in [2.24, 2.45) is 22.1 Å². The Morgan fingerprint density at radius 2 is 2.21 bits per heavy atom. The number of nitrogens with two attached hydrogens (primary N) is 1. The predicted molar refractivity (Wildman–Crippen MR) is 78.3 cm³/mol. The Kier molecular flexibility index (Phi) is 3.81. The van der Waals surface area contributed by atoms with E-state index >= 15 is 0 Å². The van der Waals surface area contributed by atoms with Crippen molar-refractivity contribution in [3.05, 3.63) is 5.57 Å². The van der Waals surface area contributed by atoms with E-state index in [1.807, 2.05) is 0 Å². The monoisotopic (exact) mass is 275 g/mol. The van der Waals surface area contributed by atoms with E-state index in [0.29, 0.717) is 10.6 Å². The molecular formula is C13H17N5S. The SMILES string of the molecule is CCN1CCC2(CC1)C(=C=N)C(=S)N=C(N)C2C#N. The molecule has 1 atom stereocenters. The fourth-order valence-electron chi connectivity index (χ4n) is 3.05. The lowest BCUT2D eigenvalue weighted by molar-refractivity contribution is 0.127. The molecule has 0 aromatic heterocycles. The lowest BCUT2D eigenvalue weighted by atomic mass is 9.63. The van der Waals surface area contributed by atoms with E-state index in [1.165, 1.54) is 0 Å². The fourth-order valence-corrected chi connectivity index (χ4v) is 3.41. The Labute approximate surface area is 118 Å². The quantitative estimate of drug-likeness (QED) is 0.426. The maximum atomic E-state index is 9.43. The van der Waals surface area contributed by atoms with Crippen molar-refractivity contribution in [3.8, 4) is 6.07 Å². The third-order valence-corrected chi connectivity index (χ3v) is 4.54. The molecule has 2 aliphatic rings. The summed E-state index contributed by atoms with van der Waals surface area (Å²) in [4.78, 5) is 6.69. The van der Waals surface area contributed by atoms with Crippen molar-refractivity contribution in [1.29, 1.82) is 10.7 Å². The normalized spacial score (nSPS) is 26.7. The first kappa shape index (κ1) is 13.9. The van der Waals surface area contributed by atoms with Gasteiger partial charge in [-0.05, 0) is 38.3 Å². The molecule has 0 aromatic rings. The van der Waals surface area contributed by atoms with Crippen LogP contribution in [-0.2, 0) is 0 Å². The first-order valence-corrected chi connectivity index (χ1v) is 6.80. The van der Waals surface area contributed by atoms with Crippen LogP contribution in [0.3, 0.4) is 0 Å². The van der Waals surface area contributed by atoms with Crippen molar-refractivity contribution in [2.75, 3.05) is 19.6 Å². The van der Waals surface area contributed by atoms with Crippen LogP contribution in [-0.4, -0.2) is 41.2 Å². The fraction of sp³-hybridized carbons (Fsp3) is 0.615. The number of hydrogen-bond acceptors (Lipinski definition) is 5. The Hall–Kier alpha value is -1.54. The zero-order valence-electron chi connectivity index (χ0n) is 10.9. The molecule has 0 aromatic carbocycles. The molecule has 0 aliphatic carbocycles. The summed E-state index contributed by atoms with van der Waals surface area (Å²) in [5.41, 5.74) is 6.01. The number of thiocarbonyl (C=S) groups is 1. The number of piperidine rings is 1. The molecule has 0 radical (unpaired) electrons. The van der Waals surface area contributed by atoms with Gasteiger partial charge < -0.3 is 10.6 Å². The number of nitrogens with zero attached hydrogens (tertiary/aromatic N) is 3. The summed E-state index contributed by atoms with van der Waals surface area (Å²) in [6, 6.07) is 2.25. The van der Waals surface area contributed by atoms with Gasteiger partial charge in [0.25, 0.3) is 0 Å². The molecule has 19 heavy (non-hydrogen) atoms. The summed E-state index contributed by atoms with van der Waals surface area (Å²) in [5.74, 6) is 2.22. The standard InChI is InChI=1S/C13H17N5S/c1-2-18-5-3-13(4-6-18)9(7-14)11(16)17-12(19)10(13)8-15/h9,15H,2-6H2,1H3,(H2,16,17,19). The smallest absolute Gasteiger partial charge is 0.141 e. The van der Waals surface area contributed by atoms with E-state index in [-0.39, 0.29) is 5.84 Å². The van der Waals surface area contributed by atoms with Crippen LogP contribution in [0.5, 0.6) is 0 Å². The highest BCUT2D eigenvalue weighted by Gasteiger charge is 2.50. The van der Waals surface area contributed by atoms with Crippen LogP contribution in [0, 0.1) is 28.1 Å². The van der Waals surface area contributed by atoms with Crippen LogP contribution in [0.4, 0.5) is 0 Å². The number of hydrogen-bond donors (Lipinski definition) is 2. The van der Waals surface area contributed by atoms with Gasteiger partial charge in [-0.15, -0.1) is 0 Å². The van der Waals surface area contributed by atoms with Crippen LogP contribution in [0.2, 0.25) is 0 Å². The second-order valence-electron chi connectivity index (χ2n) is 4.99. The minimum absolute atomic E-state index is 0.288. The molecule has 1 fully saturated rings. The third-order valence-electron chi connectivity index (χ3n) is 4.24. The number of rotatable bonds is 1. The highest BCUT2D eigenvalue weighted by Crippen LogP contribution is 2.47. The number of likely N-dealkylation sites (tertiary alicyclic amines) is 1. The molecule has 1 saturated heterocycles. The summed E-state index contributed by atoms with van der Waals surface area (Å²) >= 11 is 5.21. The van der Waals surface area contributed by atoms with Gasteiger partial charge in [0, 0.05) is 5.41 Å². The molecule has 0 bridgehead atoms. The maximum absolute atomic E-state index is 9.43. The zero-order chi connectivity index (χ0) is 14.0. The van der Waals surface area contributed by atoms with Gasteiger partial charge in [-0.3, -0.25) is 5.41 Å². The maximum Gasteiger partial charge on any atom is 0.141 e. The number of nitrogens with one attached hydrogen (secondary N) is 1. The second-order valence-corrected chi connectivity index (χ2v) is 5.38. The van der Waals surface area contributed by atoms with Crippen molar-refractivity contribution < 1.29 is 0 Å². The van der Waals surface area contributed by atoms with Gasteiger partial charge in [-0.1, -0.05) is 19.1 Å². The van der Waals surface area contributed by atoms with Crippen molar-refractivity contribution in [1.82, 2.24) is 4.90 Å². The van der Waals surface area contributed by atoms with E-state index < -0.39 is 11.3 Å². The highest BCUT2D eigenvalue weighted by molar-refractivity contribution is 7.80. The van der Waals surface area contributed by atoms with Gasteiger partial charge >= 0.3 is 0 Å². The summed E-state index contributed by atoms with van der Waals surface area (Å²) in [6.45, 7) is 4.88. The van der Waals surface area contributed by atoms with E-state index in [9.17, 15) is 5.26 Å². The largest absolute Gasteiger partial charge is 0.386 e. The van der Waals surface area contributed by atoms with Crippen LogP contribution in [0.1, 0.15) is 19.8 Å². The Morgan fingerprint density at radius 3 is 2.68 bits per heavy atom. The van der Waals surface area contributed by atoms with Crippen LogP contribution < -0.4 is 5.73 Å². The predicted octanol–water partition coefficient (Wildman–Crippen LogP) is 1.10. The van der Waals surface area contributed by atoms with E-state index in [2.05, 4.69) is 28.8 Å². The molecule has 0 amide bonds. The number of aliphatic imine (C=N–C) groups is 1. The lowest BCUT2D eigenvalue weighted by Gasteiger charge is -2.45. The average Bonchev–Trinajstić information content (AvgIpc) is 2.40. The summed E-state index contributed by atoms with van der Waals surface area (Å²) in [5, 5.41) is 16.9. The summed E-state index contributed by atoms with van der Waals surface area (Å²) in [7, 11) is 0.